The third-order valence-corrected chi connectivity index (χ3v) is 6.32. The van der Waals surface area contributed by atoms with Gasteiger partial charge in [-0.15, -0.1) is 21.5 Å². The van der Waals surface area contributed by atoms with Crippen LogP contribution in [-0.4, -0.2) is 52.9 Å². The third-order valence-electron chi connectivity index (χ3n) is 4.64. The van der Waals surface area contributed by atoms with Gasteiger partial charge in [-0.05, 0) is 35.7 Å². The highest BCUT2D eigenvalue weighted by molar-refractivity contribution is 7.99. The number of halogens is 1. The average Bonchev–Trinajstić information content (AvgIpc) is 3.39. The Morgan fingerprint density at radius 2 is 2.00 bits per heavy atom. The Morgan fingerprint density at radius 1 is 1.21 bits per heavy atom. The van der Waals surface area contributed by atoms with Gasteiger partial charge in [0.05, 0.1) is 36.8 Å². The maximum Gasteiger partial charge on any atom is 0.277 e. The second kappa shape index (κ2) is 8.85. The summed E-state index contributed by atoms with van der Waals surface area (Å²) in [6.07, 6.45) is 0. The number of aromatic nitrogens is 2. The monoisotopic (exact) mass is 419 g/mol. The fraction of sp³-hybridized carbons (Fsp3) is 0.316. The average molecular weight is 420 g/mol. The van der Waals surface area contributed by atoms with Gasteiger partial charge in [0.25, 0.3) is 5.22 Å². The summed E-state index contributed by atoms with van der Waals surface area (Å²) in [6, 6.07) is 10.1. The first kappa shape index (κ1) is 19.1. The van der Waals surface area contributed by atoms with E-state index in [4.69, 9.17) is 4.42 Å². The molecule has 0 atom stereocenters. The summed E-state index contributed by atoms with van der Waals surface area (Å²) in [5.74, 6) is 0.355. The van der Waals surface area contributed by atoms with E-state index < -0.39 is 0 Å². The molecule has 0 saturated carbocycles. The van der Waals surface area contributed by atoms with Crippen LogP contribution in [0, 0.1) is 5.82 Å². The van der Waals surface area contributed by atoms with Crippen molar-refractivity contribution >= 4 is 29.0 Å². The van der Waals surface area contributed by atoms with Crippen LogP contribution in [0.25, 0.3) is 11.5 Å². The molecule has 1 fully saturated rings. The van der Waals surface area contributed by atoms with Crippen molar-refractivity contribution in [2.45, 2.75) is 11.8 Å². The molecular formula is C19H20FN4O2S2+. The van der Waals surface area contributed by atoms with Gasteiger partial charge in [0.1, 0.15) is 12.4 Å². The van der Waals surface area contributed by atoms with Crippen molar-refractivity contribution in [2.75, 3.05) is 31.9 Å². The van der Waals surface area contributed by atoms with Crippen LogP contribution in [0.4, 0.5) is 4.39 Å². The topological polar surface area (TPSA) is 63.7 Å². The predicted molar refractivity (Wildman–Crippen MR) is 106 cm³/mol. The van der Waals surface area contributed by atoms with Crippen molar-refractivity contribution in [2.24, 2.45) is 0 Å². The first-order valence-electron chi connectivity index (χ1n) is 9.03. The minimum Gasteiger partial charge on any atom is -0.411 e. The highest BCUT2D eigenvalue weighted by Gasteiger charge is 2.24. The van der Waals surface area contributed by atoms with Gasteiger partial charge in [0.2, 0.25) is 11.8 Å². The number of thioether (sulfide) groups is 1. The molecule has 2 aromatic heterocycles. The molecule has 9 heteroatoms. The minimum atomic E-state index is -0.319. The van der Waals surface area contributed by atoms with Crippen molar-refractivity contribution in [1.29, 1.82) is 0 Å². The number of piperazine rings is 1. The van der Waals surface area contributed by atoms with Crippen LogP contribution < -0.4 is 4.90 Å². The van der Waals surface area contributed by atoms with Gasteiger partial charge in [-0.3, -0.25) is 4.79 Å². The molecule has 0 bridgehead atoms. The first-order chi connectivity index (χ1) is 13.7. The molecule has 28 heavy (non-hydrogen) atoms. The highest BCUT2D eigenvalue weighted by atomic mass is 32.2. The number of quaternary nitrogens is 1. The van der Waals surface area contributed by atoms with Crippen molar-refractivity contribution in [3.05, 3.63) is 52.5 Å². The normalized spacial score (nSPS) is 15.1. The summed E-state index contributed by atoms with van der Waals surface area (Å²) in [5, 5.41) is 10.4. The molecule has 0 aliphatic carbocycles. The predicted octanol–water partition coefficient (Wildman–Crippen LogP) is 1.96. The van der Waals surface area contributed by atoms with E-state index in [9.17, 15) is 9.18 Å². The van der Waals surface area contributed by atoms with E-state index in [1.807, 2.05) is 4.90 Å². The smallest absolute Gasteiger partial charge is 0.277 e. The number of benzene rings is 1. The molecule has 1 amide bonds. The van der Waals surface area contributed by atoms with Crippen LogP contribution in [0.15, 0.2) is 51.4 Å². The van der Waals surface area contributed by atoms with E-state index in [-0.39, 0.29) is 17.5 Å². The van der Waals surface area contributed by atoms with Gasteiger partial charge < -0.3 is 14.2 Å². The van der Waals surface area contributed by atoms with Crippen LogP contribution >= 0.6 is 23.1 Å². The molecule has 1 aliphatic rings. The molecule has 4 rings (SSSR count). The van der Waals surface area contributed by atoms with Gasteiger partial charge >= 0.3 is 0 Å². The van der Waals surface area contributed by atoms with Gasteiger partial charge in [-0.25, -0.2) is 4.39 Å². The molecule has 1 aromatic carbocycles. The Balaban J connectivity index is 1.24. The van der Waals surface area contributed by atoms with Crippen molar-refractivity contribution < 1.29 is 18.5 Å². The largest absolute Gasteiger partial charge is 0.411 e. The van der Waals surface area contributed by atoms with E-state index >= 15 is 0 Å². The maximum atomic E-state index is 13.0. The van der Waals surface area contributed by atoms with Gasteiger partial charge in [0.15, 0.2) is 0 Å². The van der Waals surface area contributed by atoms with Crippen LogP contribution in [0.3, 0.4) is 0 Å². The highest BCUT2D eigenvalue weighted by Crippen LogP contribution is 2.23. The zero-order valence-corrected chi connectivity index (χ0v) is 16.8. The fourth-order valence-electron chi connectivity index (χ4n) is 3.10. The zero-order valence-electron chi connectivity index (χ0n) is 15.1. The van der Waals surface area contributed by atoms with Crippen molar-refractivity contribution in [1.82, 2.24) is 15.1 Å². The van der Waals surface area contributed by atoms with E-state index in [2.05, 4.69) is 27.7 Å². The Kier molecular flexibility index (Phi) is 6.04. The van der Waals surface area contributed by atoms with Gasteiger partial charge in [-0.1, -0.05) is 17.8 Å². The fourth-order valence-corrected chi connectivity index (χ4v) is 4.54. The van der Waals surface area contributed by atoms with E-state index in [1.165, 1.54) is 33.7 Å². The van der Waals surface area contributed by atoms with Crippen LogP contribution in [0.2, 0.25) is 0 Å². The Hall–Kier alpha value is -2.23. The van der Waals surface area contributed by atoms with E-state index in [1.54, 1.807) is 23.5 Å². The minimum absolute atomic E-state index is 0.0849. The lowest BCUT2D eigenvalue weighted by Crippen LogP contribution is -3.13. The number of thiophene rings is 1. The molecule has 1 N–H and O–H groups in total. The van der Waals surface area contributed by atoms with Gasteiger partial charge in [-0.2, -0.15) is 0 Å². The van der Waals surface area contributed by atoms with Crippen LogP contribution in [0.1, 0.15) is 4.88 Å². The second-order valence-corrected chi connectivity index (χ2v) is 8.51. The molecule has 3 heterocycles. The standard InChI is InChI=1S/C19H19FN4O2S2/c20-15-5-3-14(4-6-15)18-21-22-19(26-18)28-13-17(25)24-9-7-23(8-10-24)12-16-2-1-11-27-16/h1-6,11H,7-10,12-13H2/p+1. The van der Waals surface area contributed by atoms with E-state index in [0.29, 0.717) is 16.7 Å². The number of nitrogens with one attached hydrogen (secondary N) is 1. The lowest BCUT2D eigenvalue weighted by atomic mass is 10.2. The quantitative estimate of drug-likeness (QED) is 0.619. The molecule has 146 valence electrons. The molecule has 1 saturated heterocycles. The molecule has 3 aromatic rings. The second-order valence-electron chi connectivity index (χ2n) is 6.56. The summed E-state index contributed by atoms with van der Waals surface area (Å²) in [5.41, 5.74) is 0.650. The van der Waals surface area contributed by atoms with Crippen LogP contribution in [0.5, 0.6) is 0 Å². The Bertz CT molecular complexity index is 906. The van der Waals surface area contributed by atoms with E-state index in [0.717, 1.165) is 32.7 Å². The SMILES string of the molecule is O=C(CSc1nnc(-c2ccc(F)cc2)o1)N1CC[NH+](Cc2cccs2)CC1. The number of carbonyl (C=O) groups excluding carboxylic acids is 1. The van der Waals surface area contributed by atoms with Gasteiger partial charge in [0, 0.05) is 5.56 Å². The zero-order chi connectivity index (χ0) is 19.3. The summed E-state index contributed by atoms with van der Waals surface area (Å²) in [7, 11) is 0. The number of hydrogen-bond donors (Lipinski definition) is 1. The molecular weight excluding hydrogens is 399 g/mol. The first-order valence-corrected chi connectivity index (χ1v) is 10.9. The number of amides is 1. The summed E-state index contributed by atoms with van der Waals surface area (Å²) < 4.78 is 18.6. The summed E-state index contributed by atoms with van der Waals surface area (Å²) in [4.78, 5) is 17.3. The molecule has 0 spiro atoms. The number of nitrogens with zero attached hydrogens (tertiary/aromatic N) is 3. The maximum absolute atomic E-state index is 13.0. The molecule has 1 aliphatic heterocycles. The van der Waals surface area contributed by atoms with Crippen molar-refractivity contribution in [3.63, 3.8) is 0 Å². The lowest BCUT2D eigenvalue weighted by molar-refractivity contribution is -0.917. The summed E-state index contributed by atoms with van der Waals surface area (Å²) in [6.45, 7) is 4.49. The molecule has 0 radical (unpaired) electrons. The third kappa shape index (κ3) is 4.78. The molecule has 0 unspecified atom stereocenters. The molecule has 6 nitrogen and oxygen atoms in total. The van der Waals surface area contributed by atoms with Crippen molar-refractivity contribution in [3.8, 4) is 11.5 Å². The lowest BCUT2D eigenvalue weighted by Gasteiger charge is -2.31. The Labute approximate surface area is 170 Å². The Morgan fingerprint density at radius 3 is 2.71 bits per heavy atom. The van der Waals surface area contributed by atoms with Crippen LogP contribution in [-0.2, 0) is 11.3 Å². The number of carbonyl (C=O) groups is 1. The number of hydrogen-bond acceptors (Lipinski definition) is 6. The summed E-state index contributed by atoms with van der Waals surface area (Å²) >= 11 is 3.02. The number of rotatable bonds is 6.